The van der Waals surface area contributed by atoms with E-state index in [0.717, 1.165) is 67.2 Å². The Morgan fingerprint density at radius 2 is 0.877 bits per heavy atom. The SMILES string of the molecule is c1ccc(N(c2ccccc2)c2ccc3sc4cccc(-c5cccc6c5sc5c(N(c7ccccc7)c7ccc(-c8ccc9oc%10ccccc%10c9c8)cc7)cccc56)c4c3c2)cc1. The Morgan fingerprint density at radius 3 is 1.63 bits per heavy atom. The molecule has 0 spiro atoms. The predicted molar refractivity (Wildman–Crippen MR) is 280 cm³/mol. The van der Waals surface area contributed by atoms with Crippen LogP contribution < -0.4 is 9.80 Å². The van der Waals surface area contributed by atoms with Gasteiger partial charge < -0.3 is 14.2 Å². The molecule has 0 saturated heterocycles. The van der Waals surface area contributed by atoms with Crippen molar-refractivity contribution in [2.45, 2.75) is 0 Å². The Balaban J connectivity index is 0.946. The lowest BCUT2D eigenvalue weighted by Gasteiger charge is -2.26. The second-order valence-electron chi connectivity index (χ2n) is 16.4. The van der Waals surface area contributed by atoms with Crippen LogP contribution in [0, 0.1) is 0 Å². The first-order chi connectivity index (χ1) is 32.2. The topological polar surface area (TPSA) is 19.6 Å². The van der Waals surface area contributed by atoms with Crippen LogP contribution in [0.4, 0.5) is 34.1 Å². The minimum absolute atomic E-state index is 0.907. The number of hydrogen-bond acceptors (Lipinski definition) is 5. The summed E-state index contributed by atoms with van der Waals surface area (Å²) in [6, 6.07) is 83.3. The minimum atomic E-state index is 0.907. The highest BCUT2D eigenvalue weighted by Crippen LogP contribution is 2.50. The normalized spacial score (nSPS) is 11.7. The fourth-order valence-electron chi connectivity index (χ4n) is 9.69. The summed E-state index contributed by atoms with van der Waals surface area (Å²) in [6.45, 7) is 0. The lowest BCUT2D eigenvalue weighted by atomic mass is 9.97. The molecule has 13 rings (SSSR count). The van der Waals surface area contributed by atoms with E-state index < -0.39 is 0 Å². The summed E-state index contributed by atoms with van der Waals surface area (Å²) in [5.41, 5.74) is 13.4. The van der Waals surface area contributed by atoms with Gasteiger partial charge in [-0.15, -0.1) is 22.7 Å². The van der Waals surface area contributed by atoms with Crippen molar-refractivity contribution < 1.29 is 4.42 Å². The van der Waals surface area contributed by atoms with Gasteiger partial charge in [0.1, 0.15) is 11.2 Å². The van der Waals surface area contributed by atoms with E-state index in [2.05, 4.69) is 228 Å². The standard InChI is InChI=1S/C60H38N2OS2/c1-4-15-41(16-5-1)61(42-17-6-2-7-18-42)45-34-36-56-52(38-45)58-47(22-14-28-57(58)64-56)48-23-12-24-49-50-25-13-26-53(60(50)65-59(48)49)62(43-19-8-3-9-20-43)44-32-29-39(30-33-44)40-31-35-55-51(37-40)46-21-10-11-27-54(46)63-55/h1-38H. The van der Waals surface area contributed by atoms with Gasteiger partial charge >= 0.3 is 0 Å². The van der Waals surface area contributed by atoms with Crippen LogP contribution in [-0.2, 0) is 0 Å². The molecule has 3 nitrogen and oxygen atoms in total. The molecule has 65 heavy (non-hydrogen) atoms. The molecule has 0 aliphatic carbocycles. The van der Waals surface area contributed by atoms with E-state index in [0.29, 0.717) is 0 Å². The summed E-state index contributed by atoms with van der Waals surface area (Å²) >= 11 is 3.76. The number of furan rings is 1. The molecule has 0 bridgehead atoms. The summed E-state index contributed by atoms with van der Waals surface area (Å²) in [5.74, 6) is 0. The van der Waals surface area contributed by atoms with E-state index in [-0.39, 0.29) is 0 Å². The first kappa shape index (κ1) is 37.6. The highest BCUT2D eigenvalue weighted by molar-refractivity contribution is 7.27. The van der Waals surface area contributed by atoms with E-state index in [9.17, 15) is 0 Å². The fraction of sp³-hybridized carbons (Fsp3) is 0. The number of hydrogen-bond donors (Lipinski definition) is 0. The Kier molecular flexibility index (Phi) is 8.90. The summed E-state index contributed by atoms with van der Waals surface area (Å²) < 4.78 is 11.3. The molecule has 0 radical (unpaired) electrons. The first-order valence-electron chi connectivity index (χ1n) is 21.9. The lowest BCUT2D eigenvalue weighted by molar-refractivity contribution is 0.669. The Hall–Kier alpha value is -7.96. The van der Waals surface area contributed by atoms with Crippen molar-refractivity contribution >= 4 is 119 Å². The molecule has 0 fully saturated rings. The number of benzene rings is 10. The molecule has 0 N–H and O–H groups in total. The summed E-state index contributed by atoms with van der Waals surface area (Å²) in [6.07, 6.45) is 0. The van der Waals surface area contributed by atoms with Crippen molar-refractivity contribution in [2.75, 3.05) is 9.80 Å². The van der Waals surface area contributed by atoms with Gasteiger partial charge in [0.05, 0.1) is 10.4 Å². The van der Waals surface area contributed by atoms with Crippen molar-refractivity contribution in [1.82, 2.24) is 0 Å². The molecule has 13 aromatic rings. The largest absolute Gasteiger partial charge is 0.456 e. The average molecular weight is 867 g/mol. The number of para-hydroxylation sites is 4. The highest BCUT2D eigenvalue weighted by atomic mass is 32.1. The molecule has 5 heteroatoms. The van der Waals surface area contributed by atoms with Crippen molar-refractivity contribution in [3.05, 3.63) is 231 Å². The molecular weight excluding hydrogens is 829 g/mol. The molecule has 0 unspecified atom stereocenters. The van der Waals surface area contributed by atoms with Gasteiger partial charge in [-0.3, -0.25) is 0 Å². The molecule has 3 heterocycles. The fourth-order valence-corrected chi connectivity index (χ4v) is 12.1. The van der Waals surface area contributed by atoms with Gasteiger partial charge in [-0.1, -0.05) is 133 Å². The zero-order valence-corrected chi connectivity index (χ0v) is 36.7. The van der Waals surface area contributed by atoms with Crippen LogP contribution >= 0.6 is 22.7 Å². The maximum Gasteiger partial charge on any atom is 0.135 e. The van der Waals surface area contributed by atoms with Crippen LogP contribution in [0.15, 0.2) is 235 Å². The van der Waals surface area contributed by atoms with E-state index in [4.69, 9.17) is 4.42 Å². The third-order valence-electron chi connectivity index (χ3n) is 12.7. The first-order valence-corrected chi connectivity index (χ1v) is 23.5. The van der Waals surface area contributed by atoms with Gasteiger partial charge in [0, 0.05) is 80.4 Å². The Morgan fingerprint density at radius 1 is 0.308 bits per heavy atom. The number of thiophene rings is 2. The van der Waals surface area contributed by atoms with Crippen LogP contribution in [0.5, 0.6) is 0 Å². The zero-order valence-electron chi connectivity index (χ0n) is 35.1. The molecule has 3 aromatic heterocycles. The molecular formula is C60H38N2OS2. The maximum absolute atomic E-state index is 6.15. The smallest absolute Gasteiger partial charge is 0.135 e. The number of rotatable bonds is 8. The predicted octanol–water partition coefficient (Wildman–Crippen LogP) is 18.6. The van der Waals surface area contributed by atoms with E-state index in [1.54, 1.807) is 0 Å². The van der Waals surface area contributed by atoms with Crippen LogP contribution in [0.1, 0.15) is 0 Å². The van der Waals surface area contributed by atoms with Crippen LogP contribution in [0.3, 0.4) is 0 Å². The van der Waals surface area contributed by atoms with Crippen molar-refractivity contribution in [3.8, 4) is 22.3 Å². The van der Waals surface area contributed by atoms with Gasteiger partial charge in [0.25, 0.3) is 0 Å². The molecule has 0 atom stereocenters. The molecule has 0 aliphatic rings. The maximum atomic E-state index is 6.15. The van der Waals surface area contributed by atoms with Crippen LogP contribution in [-0.4, -0.2) is 0 Å². The average Bonchev–Trinajstić information content (AvgIpc) is 4.07. The van der Waals surface area contributed by atoms with E-state index >= 15 is 0 Å². The number of fused-ring (bicyclic) bond motifs is 9. The van der Waals surface area contributed by atoms with Gasteiger partial charge in [-0.25, -0.2) is 0 Å². The van der Waals surface area contributed by atoms with Crippen molar-refractivity contribution in [2.24, 2.45) is 0 Å². The Labute approximate surface area is 383 Å². The minimum Gasteiger partial charge on any atom is -0.456 e. The highest BCUT2D eigenvalue weighted by Gasteiger charge is 2.22. The monoisotopic (exact) mass is 866 g/mol. The molecule has 306 valence electrons. The molecule has 0 saturated carbocycles. The summed E-state index contributed by atoms with van der Waals surface area (Å²) in [7, 11) is 0. The Bertz CT molecular complexity index is 3850. The molecule has 10 aromatic carbocycles. The van der Waals surface area contributed by atoms with E-state index in [1.807, 2.05) is 34.8 Å². The summed E-state index contributed by atoms with van der Waals surface area (Å²) in [5, 5.41) is 7.37. The lowest BCUT2D eigenvalue weighted by Crippen LogP contribution is -2.09. The zero-order chi connectivity index (χ0) is 42.8. The third kappa shape index (κ3) is 6.31. The second kappa shape index (κ2) is 15.4. The van der Waals surface area contributed by atoms with Crippen LogP contribution in [0.2, 0.25) is 0 Å². The van der Waals surface area contributed by atoms with Gasteiger partial charge in [0.15, 0.2) is 0 Å². The van der Waals surface area contributed by atoms with Crippen molar-refractivity contribution in [1.29, 1.82) is 0 Å². The van der Waals surface area contributed by atoms with Crippen molar-refractivity contribution in [3.63, 3.8) is 0 Å². The molecule has 0 amide bonds. The van der Waals surface area contributed by atoms with Gasteiger partial charge in [-0.05, 0) is 114 Å². The molecule has 0 aliphatic heterocycles. The van der Waals surface area contributed by atoms with E-state index in [1.165, 1.54) is 51.5 Å². The second-order valence-corrected chi connectivity index (χ2v) is 18.5. The summed E-state index contributed by atoms with van der Waals surface area (Å²) in [4.78, 5) is 4.77. The van der Waals surface area contributed by atoms with Gasteiger partial charge in [0.2, 0.25) is 0 Å². The quantitative estimate of drug-likeness (QED) is 0.152. The third-order valence-corrected chi connectivity index (χ3v) is 15.1. The number of anilines is 6. The number of nitrogens with zero attached hydrogens (tertiary/aromatic N) is 2. The van der Waals surface area contributed by atoms with Crippen LogP contribution in [0.25, 0.3) is 84.5 Å². The van der Waals surface area contributed by atoms with Gasteiger partial charge in [-0.2, -0.15) is 0 Å².